The maximum absolute atomic E-state index is 11.1. The van der Waals surface area contributed by atoms with Crippen LogP contribution in [-0.4, -0.2) is 10.0 Å². The van der Waals surface area contributed by atoms with Gasteiger partial charge in [0.05, 0.1) is 9.82 Å². The Morgan fingerprint density at radius 1 is 1.00 bits per heavy atom. The lowest BCUT2D eigenvalue weighted by Gasteiger charge is -2.08. The van der Waals surface area contributed by atoms with Crippen LogP contribution in [0.1, 0.15) is 76.7 Å². The average molecular weight is 340 g/mol. The summed E-state index contributed by atoms with van der Waals surface area (Å²) in [6.45, 7) is 2.23. The fourth-order valence-electron chi connectivity index (χ4n) is 2.82. The van der Waals surface area contributed by atoms with Crippen molar-refractivity contribution >= 4 is 18.3 Å². The van der Waals surface area contributed by atoms with Gasteiger partial charge in [-0.15, -0.1) is 12.6 Å². The largest absolute Gasteiger partial charge is 0.507 e. The third kappa shape index (κ3) is 7.25. The van der Waals surface area contributed by atoms with Crippen LogP contribution in [0.5, 0.6) is 5.75 Å². The average Bonchev–Trinajstić information content (AvgIpc) is 2.52. The van der Waals surface area contributed by atoms with Gasteiger partial charge in [0, 0.05) is 11.6 Å². The van der Waals surface area contributed by atoms with E-state index in [4.69, 9.17) is 0 Å². The van der Waals surface area contributed by atoms with E-state index in [-0.39, 0.29) is 11.4 Å². The van der Waals surface area contributed by atoms with Crippen molar-refractivity contribution in [3.05, 3.63) is 27.8 Å². The number of nitrogens with zero attached hydrogens (tertiary/aromatic N) is 1. The van der Waals surface area contributed by atoms with Gasteiger partial charge in [0.1, 0.15) is 5.75 Å². The molecule has 0 heterocycles. The van der Waals surface area contributed by atoms with Crippen molar-refractivity contribution in [2.75, 3.05) is 0 Å². The highest BCUT2D eigenvalue weighted by molar-refractivity contribution is 7.80. The van der Waals surface area contributed by atoms with Crippen molar-refractivity contribution < 1.29 is 10.0 Å². The SMILES string of the molecule is CCCCCCCCCCCCc1c([N+](=O)[O-])ccc(O)c1S. The second-order valence-electron chi connectivity index (χ2n) is 6.12. The van der Waals surface area contributed by atoms with Crippen LogP contribution < -0.4 is 0 Å². The van der Waals surface area contributed by atoms with Gasteiger partial charge in [0.2, 0.25) is 0 Å². The highest BCUT2D eigenvalue weighted by Gasteiger charge is 2.18. The van der Waals surface area contributed by atoms with E-state index in [1.807, 2.05) is 0 Å². The molecule has 0 aliphatic carbocycles. The summed E-state index contributed by atoms with van der Waals surface area (Å²) in [5.41, 5.74) is 0.613. The molecule has 1 N–H and O–H groups in total. The maximum atomic E-state index is 11.1. The summed E-state index contributed by atoms with van der Waals surface area (Å²) in [5, 5.41) is 20.7. The molecule has 23 heavy (non-hydrogen) atoms. The highest BCUT2D eigenvalue weighted by atomic mass is 32.1. The minimum absolute atomic E-state index is 0.0148. The van der Waals surface area contributed by atoms with Crippen LogP contribution in [0, 0.1) is 10.1 Å². The third-order valence-electron chi connectivity index (χ3n) is 4.21. The van der Waals surface area contributed by atoms with Crippen LogP contribution in [0.4, 0.5) is 5.69 Å². The van der Waals surface area contributed by atoms with E-state index in [9.17, 15) is 15.2 Å². The smallest absolute Gasteiger partial charge is 0.273 e. The van der Waals surface area contributed by atoms with E-state index in [0.29, 0.717) is 16.9 Å². The maximum Gasteiger partial charge on any atom is 0.273 e. The van der Waals surface area contributed by atoms with E-state index in [2.05, 4.69) is 19.6 Å². The zero-order valence-electron chi connectivity index (χ0n) is 14.1. The van der Waals surface area contributed by atoms with Crippen LogP contribution in [-0.2, 0) is 6.42 Å². The fourth-order valence-corrected chi connectivity index (χ4v) is 3.12. The lowest BCUT2D eigenvalue weighted by molar-refractivity contribution is -0.385. The van der Waals surface area contributed by atoms with Crippen molar-refractivity contribution in [1.29, 1.82) is 0 Å². The molecule has 1 aromatic carbocycles. The van der Waals surface area contributed by atoms with Crippen molar-refractivity contribution in [2.24, 2.45) is 0 Å². The van der Waals surface area contributed by atoms with E-state index < -0.39 is 4.92 Å². The number of aromatic hydroxyl groups is 1. The summed E-state index contributed by atoms with van der Waals surface area (Å²) in [6, 6.07) is 2.70. The molecule has 0 amide bonds. The van der Waals surface area contributed by atoms with E-state index in [1.165, 1.54) is 63.5 Å². The number of nitro benzene ring substituents is 1. The lowest BCUT2D eigenvalue weighted by Crippen LogP contribution is -1.97. The molecule has 4 nitrogen and oxygen atoms in total. The van der Waals surface area contributed by atoms with Crippen LogP contribution in [0.15, 0.2) is 17.0 Å². The molecule has 5 heteroatoms. The fraction of sp³-hybridized carbons (Fsp3) is 0.667. The monoisotopic (exact) mass is 339 g/mol. The first-order valence-electron chi connectivity index (χ1n) is 8.76. The Morgan fingerprint density at radius 2 is 1.52 bits per heavy atom. The second-order valence-corrected chi connectivity index (χ2v) is 6.57. The van der Waals surface area contributed by atoms with E-state index in [0.717, 1.165) is 12.8 Å². The van der Waals surface area contributed by atoms with Gasteiger partial charge in [-0.2, -0.15) is 0 Å². The van der Waals surface area contributed by atoms with Gasteiger partial charge in [-0.1, -0.05) is 64.7 Å². The number of benzene rings is 1. The zero-order valence-corrected chi connectivity index (χ0v) is 15.0. The van der Waals surface area contributed by atoms with Crippen LogP contribution in [0.25, 0.3) is 0 Å². The predicted molar refractivity (Wildman–Crippen MR) is 97.6 cm³/mol. The number of nitro groups is 1. The number of rotatable bonds is 12. The van der Waals surface area contributed by atoms with Crippen LogP contribution >= 0.6 is 12.6 Å². The molecule has 0 fully saturated rings. The molecule has 130 valence electrons. The molecule has 0 spiro atoms. The van der Waals surface area contributed by atoms with Gasteiger partial charge in [-0.05, 0) is 18.9 Å². The minimum atomic E-state index is -0.398. The van der Waals surface area contributed by atoms with Crippen molar-refractivity contribution in [1.82, 2.24) is 0 Å². The number of phenols is 1. The molecule has 0 atom stereocenters. The lowest BCUT2D eigenvalue weighted by atomic mass is 10.0. The Balaban J connectivity index is 2.26. The molecule has 0 aliphatic rings. The Bertz CT molecular complexity index is 491. The number of hydrogen-bond acceptors (Lipinski definition) is 4. The predicted octanol–water partition coefficient (Wildman–Crippen LogP) is 6.05. The summed E-state index contributed by atoms with van der Waals surface area (Å²) >= 11 is 4.22. The molecule has 0 saturated heterocycles. The standard InChI is InChI=1S/C18H29NO3S/c1-2-3-4-5-6-7-8-9-10-11-12-15-16(19(21)22)13-14-17(20)18(15)23/h13-14,20,23H,2-12H2,1H3. The molecule has 0 saturated carbocycles. The van der Waals surface area contributed by atoms with E-state index >= 15 is 0 Å². The second kappa shape index (κ2) is 11.3. The first-order chi connectivity index (χ1) is 11.1. The number of unbranched alkanes of at least 4 members (excludes halogenated alkanes) is 9. The molecule has 0 bridgehead atoms. The molecule has 0 unspecified atom stereocenters. The van der Waals surface area contributed by atoms with Crippen molar-refractivity contribution in [3.63, 3.8) is 0 Å². The third-order valence-corrected chi connectivity index (χ3v) is 4.71. The molecule has 0 aromatic heterocycles. The van der Waals surface area contributed by atoms with Gasteiger partial charge in [0.25, 0.3) is 5.69 Å². The summed E-state index contributed by atoms with van der Waals surface area (Å²) < 4.78 is 0. The van der Waals surface area contributed by atoms with Gasteiger partial charge in [-0.25, -0.2) is 0 Å². The Kier molecular flexibility index (Phi) is 9.76. The zero-order chi connectivity index (χ0) is 17.1. The molecule has 0 radical (unpaired) electrons. The normalized spacial score (nSPS) is 10.9. The number of hydrogen-bond donors (Lipinski definition) is 2. The summed E-state index contributed by atoms with van der Waals surface area (Å²) in [4.78, 5) is 11.0. The van der Waals surface area contributed by atoms with E-state index in [1.54, 1.807) is 0 Å². The van der Waals surface area contributed by atoms with Crippen LogP contribution in [0.2, 0.25) is 0 Å². The van der Waals surface area contributed by atoms with Gasteiger partial charge < -0.3 is 5.11 Å². The molecule has 1 rings (SSSR count). The highest BCUT2D eigenvalue weighted by Crippen LogP contribution is 2.33. The van der Waals surface area contributed by atoms with Gasteiger partial charge >= 0.3 is 0 Å². The topological polar surface area (TPSA) is 63.4 Å². The van der Waals surface area contributed by atoms with Crippen LogP contribution in [0.3, 0.4) is 0 Å². The summed E-state index contributed by atoms with van der Waals surface area (Å²) in [7, 11) is 0. The molecular formula is C18H29NO3S. The van der Waals surface area contributed by atoms with Gasteiger partial charge in [-0.3, -0.25) is 10.1 Å². The quantitative estimate of drug-likeness (QED) is 0.211. The number of thiol groups is 1. The van der Waals surface area contributed by atoms with Crippen molar-refractivity contribution in [2.45, 2.75) is 82.4 Å². The molecule has 0 aliphatic heterocycles. The Morgan fingerprint density at radius 3 is 2.04 bits per heavy atom. The summed E-state index contributed by atoms with van der Waals surface area (Å²) in [5.74, 6) is 0.0148. The Labute approximate surface area is 144 Å². The molecule has 1 aromatic rings. The molecular weight excluding hydrogens is 310 g/mol. The first kappa shape index (κ1) is 19.8. The van der Waals surface area contributed by atoms with Crippen molar-refractivity contribution in [3.8, 4) is 5.75 Å². The minimum Gasteiger partial charge on any atom is -0.507 e. The first-order valence-corrected chi connectivity index (χ1v) is 9.20. The summed E-state index contributed by atoms with van der Waals surface area (Å²) in [6.07, 6.45) is 12.9. The number of phenolic OH excluding ortho intramolecular Hbond substituents is 1. The van der Waals surface area contributed by atoms with Gasteiger partial charge in [0.15, 0.2) is 0 Å². The Hall–Kier alpha value is -1.23.